The predicted molar refractivity (Wildman–Crippen MR) is 82.2 cm³/mol. The minimum Gasteiger partial charge on any atom is -0.494 e. The zero-order valence-electron chi connectivity index (χ0n) is 12.7. The second-order valence-corrected chi connectivity index (χ2v) is 5.68. The van der Waals surface area contributed by atoms with E-state index >= 15 is 0 Å². The van der Waals surface area contributed by atoms with Crippen molar-refractivity contribution in [2.75, 3.05) is 19.7 Å². The van der Waals surface area contributed by atoms with Gasteiger partial charge in [-0.25, -0.2) is 0 Å². The van der Waals surface area contributed by atoms with Crippen molar-refractivity contribution in [1.82, 2.24) is 4.90 Å². The number of hydrogen-bond acceptors (Lipinski definition) is 4. The number of aliphatic hydroxyl groups is 1. The number of rotatable bonds is 6. The molecule has 2 unspecified atom stereocenters. The van der Waals surface area contributed by atoms with Gasteiger partial charge in [0.2, 0.25) is 0 Å². The van der Waals surface area contributed by atoms with E-state index in [2.05, 4.69) is 11.0 Å². The first-order chi connectivity index (χ1) is 10.2. The Labute approximate surface area is 127 Å². The van der Waals surface area contributed by atoms with Gasteiger partial charge in [0.25, 0.3) is 0 Å². The van der Waals surface area contributed by atoms with Crippen LogP contribution in [-0.4, -0.2) is 41.8 Å². The maximum absolute atomic E-state index is 9.84. The molecule has 0 amide bonds. The van der Waals surface area contributed by atoms with Crippen molar-refractivity contribution < 1.29 is 9.84 Å². The standard InChI is InChI=1S/C17H24N2O2/c1-14(20)17-8-2-3-9-19(17)10-5-11-21-16-7-4-6-15(12-16)13-18/h4,6-7,12,14,17,20H,2-3,5,8-11H2,1H3. The Bertz CT molecular complexity index is 482. The number of hydrogen-bond donors (Lipinski definition) is 1. The Morgan fingerprint density at radius 3 is 3.10 bits per heavy atom. The Morgan fingerprint density at radius 2 is 2.33 bits per heavy atom. The topological polar surface area (TPSA) is 56.5 Å². The summed E-state index contributed by atoms with van der Waals surface area (Å²) in [5.74, 6) is 0.750. The van der Waals surface area contributed by atoms with Crippen LogP contribution >= 0.6 is 0 Å². The Kier molecular flexibility index (Phi) is 6.04. The van der Waals surface area contributed by atoms with E-state index in [4.69, 9.17) is 10.00 Å². The van der Waals surface area contributed by atoms with Crippen LogP contribution in [0.1, 0.15) is 38.2 Å². The molecule has 21 heavy (non-hydrogen) atoms. The fourth-order valence-electron chi connectivity index (χ4n) is 2.95. The number of ether oxygens (including phenoxy) is 1. The number of benzene rings is 1. The summed E-state index contributed by atoms with van der Waals surface area (Å²) in [4.78, 5) is 2.38. The van der Waals surface area contributed by atoms with Gasteiger partial charge in [-0.2, -0.15) is 5.26 Å². The fourth-order valence-corrected chi connectivity index (χ4v) is 2.95. The minimum absolute atomic E-state index is 0.265. The number of nitriles is 1. The highest BCUT2D eigenvalue weighted by Crippen LogP contribution is 2.20. The highest BCUT2D eigenvalue weighted by Gasteiger charge is 2.25. The first kappa shape index (κ1) is 15.8. The van der Waals surface area contributed by atoms with E-state index in [0.29, 0.717) is 18.2 Å². The summed E-state index contributed by atoms with van der Waals surface area (Å²) in [5.41, 5.74) is 0.623. The molecule has 1 aromatic rings. The van der Waals surface area contributed by atoms with Gasteiger partial charge in [0.05, 0.1) is 24.3 Å². The highest BCUT2D eigenvalue weighted by atomic mass is 16.5. The van der Waals surface area contributed by atoms with Gasteiger partial charge in [0.1, 0.15) is 5.75 Å². The molecule has 0 spiro atoms. The van der Waals surface area contributed by atoms with E-state index in [1.807, 2.05) is 19.1 Å². The van der Waals surface area contributed by atoms with E-state index in [0.717, 1.165) is 31.7 Å². The third-order valence-electron chi connectivity index (χ3n) is 4.04. The lowest BCUT2D eigenvalue weighted by molar-refractivity contribution is 0.0338. The predicted octanol–water partition coefficient (Wildman–Crippen LogP) is 2.56. The van der Waals surface area contributed by atoms with E-state index in [9.17, 15) is 5.11 Å². The van der Waals surface area contributed by atoms with E-state index < -0.39 is 0 Å². The maximum atomic E-state index is 9.84. The van der Waals surface area contributed by atoms with Gasteiger partial charge in [0.15, 0.2) is 0 Å². The number of likely N-dealkylation sites (tertiary alicyclic amines) is 1. The van der Waals surface area contributed by atoms with Crippen molar-refractivity contribution in [3.63, 3.8) is 0 Å². The average molecular weight is 288 g/mol. The molecule has 4 nitrogen and oxygen atoms in total. The van der Waals surface area contributed by atoms with Crippen LogP contribution in [0.5, 0.6) is 5.75 Å². The highest BCUT2D eigenvalue weighted by molar-refractivity contribution is 5.36. The van der Waals surface area contributed by atoms with Gasteiger partial charge < -0.3 is 9.84 Å². The second-order valence-electron chi connectivity index (χ2n) is 5.68. The summed E-state index contributed by atoms with van der Waals surface area (Å²) in [6.45, 7) is 4.54. The van der Waals surface area contributed by atoms with Crippen LogP contribution in [0.15, 0.2) is 24.3 Å². The molecule has 1 fully saturated rings. The molecule has 1 aliphatic heterocycles. The average Bonchev–Trinajstić information content (AvgIpc) is 2.52. The molecule has 0 bridgehead atoms. The monoisotopic (exact) mass is 288 g/mol. The molecule has 0 saturated carbocycles. The van der Waals surface area contributed by atoms with E-state index in [1.54, 1.807) is 12.1 Å². The maximum Gasteiger partial charge on any atom is 0.120 e. The molecular formula is C17H24N2O2. The van der Waals surface area contributed by atoms with Crippen molar-refractivity contribution in [1.29, 1.82) is 5.26 Å². The lowest BCUT2D eigenvalue weighted by Gasteiger charge is -2.37. The molecule has 4 heteroatoms. The molecule has 0 aromatic heterocycles. The van der Waals surface area contributed by atoms with Crippen LogP contribution in [0.3, 0.4) is 0 Å². The lowest BCUT2D eigenvalue weighted by Crippen LogP contribution is -2.46. The molecule has 1 N–H and O–H groups in total. The SMILES string of the molecule is CC(O)C1CCCCN1CCCOc1cccc(C#N)c1. The fraction of sp³-hybridized carbons (Fsp3) is 0.588. The van der Waals surface area contributed by atoms with Crippen molar-refractivity contribution in [2.24, 2.45) is 0 Å². The van der Waals surface area contributed by atoms with Crippen LogP contribution in [0, 0.1) is 11.3 Å². The first-order valence-electron chi connectivity index (χ1n) is 7.76. The van der Waals surface area contributed by atoms with E-state index in [-0.39, 0.29) is 6.10 Å². The van der Waals surface area contributed by atoms with Crippen molar-refractivity contribution in [3.8, 4) is 11.8 Å². The van der Waals surface area contributed by atoms with Gasteiger partial charge in [-0.05, 0) is 50.9 Å². The molecule has 1 heterocycles. The van der Waals surface area contributed by atoms with Crippen LogP contribution in [-0.2, 0) is 0 Å². The first-order valence-corrected chi connectivity index (χ1v) is 7.76. The molecule has 1 aromatic carbocycles. The summed E-state index contributed by atoms with van der Waals surface area (Å²) >= 11 is 0. The molecule has 114 valence electrons. The van der Waals surface area contributed by atoms with Crippen LogP contribution in [0.4, 0.5) is 0 Å². The van der Waals surface area contributed by atoms with Crippen LogP contribution in [0.2, 0.25) is 0 Å². The van der Waals surface area contributed by atoms with Crippen LogP contribution in [0.25, 0.3) is 0 Å². The van der Waals surface area contributed by atoms with Gasteiger partial charge in [0, 0.05) is 12.6 Å². The summed E-state index contributed by atoms with van der Waals surface area (Å²) in [6, 6.07) is 9.65. The van der Waals surface area contributed by atoms with Crippen molar-refractivity contribution in [2.45, 2.75) is 44.8 Å². The molecular weight excluding hydrogens is 264 g/mol. The molecule has 0 aliphatic carbocycles. The van der Waals surface area contributed by atoms with Crippen molar-refractivity contribution in [3.05, 3.63) is 29.8 Å². The van der Waals surface area contributed by atoms with Gasteiger partial charge in [-0.3, -0.25) is 4.90 Å². The molecule has 2 atom stereocenters. The quantitative estimate of drug-likeness (QED) is 0.817. The van der Waals surface area contributed by atoms with Gasteiger partial charge in [-0.15, -0.1) is 0 Å². The number of piperidine rings is 1. The Morgan fingerprint density at radius 1 is 1.48 bits per heavy atom. The summed E-state index contributed by atoms with van der Waals surface area (Å²) in [5, 5.41) is 18.7. The number of aliphatic hydroxyl groups excluding tert-OH is 1. The minimum atomic E-state index is -0.265. The molecule has 1 aliphatic rings. The zero-order chi connectivity index (χ0) is 15.1. The normalized spacial score (nSPS) is 20.7. The lowest BCUT2D eigenvalue weighted by atomic mass is 9.98. The summed E-state index contributed by atoms with van der Waals surface area (Å²) in [6.07, 6.45) is 4.18. The third-order valence-corrected chi connectivity index (χ3v) is 4.04. The third kappa shape index (κ3) is 4.73. The molecule has 2 rings (SSSR count). The van der Waals surface area contributed by atoms with Gasteiger partial charge >= 0.3 is 0 Å². The second kappa shape index (κ2) is 8.02. The molecule has 1 saturated heterocycles. The smallest absolute Gasteiger partial charge is 0.120 e. The van der Waals surface area contributed by atoms with E-state index in [1.165, 1.54) is 12.8 Å². The molecule has 0 radical (unpaired) electrons. The summed E-state index contributed by atoms with van der Waals surface area (Å²) < 4.78 is 5.69. The zero-order valence-corrected chi connectivity index (χ0v) is 12.7. The summed E-state index contributed by atoms with van der Waals surface area (Å²) in [7, 11) is 0. The number of nitrogens with zero attached hydrogens (tertiary/aromatic N) is 2. The Hall–Kier alpha value is -1.57. The Balaban J connectivity index is 1.74. The van der Waals surface area contributed by atoms with Crippen molar-refractivity contribution >= 4 is 0 Å². The van der Waals surface area contributed by atoms with Gasteiger partial charge in [-0.1, -0.05) is 12.5 Å². The van der Waals surface area contributed by atoms with Crippen LogP contribution < -0.4 is 4.74 Å². The largest absolute Gasteiger partial charge is 0.494 e.